The van der Waals surface area contributed by atoms with Gasteiger partial charge in [-0.25, -0.2) is 5.01 Å². The summed E-state index contributed by atoms with van der Waals surface area (Å²) in [6, 6.07) is 8.13. The van der Waals surface area contributed by atoms with Gasteiger partial charge in [-0.05, 0) is 29.8 Å². The van der Waals surface area contributed by atoms with Crippen molar-refractivity contribution in [1.29, 1.82) is 0 Å². The van der Waals surface area contributed by atoms with Crippen molar-refractivity contribution >= 4 is 46.1 Å². The van der Waals surface area contributed by atoms with Crippen LogP contribution in [0.5, 0.6) is 0 Å². The van der Waals surface area contributed by atoms with E-state index < -0.39 is 0 Å². The fraction of sp³-hybridized carbons (Fsp3) is 0.294. The van der Waals surface area contributed by atoms with E-state index in [9.17, 15) is 4.79 Å². The van der Waals surface area contributed by atoms with Gasteiger partial charge >= 0.3 is 0 Å². The molecule has 4 heterocycles. The molecular weight excluding hydrogens is 386 g/mol. The minimum absolute atomic E-state index is 0.0133. The molecule has 0 aliphatic carbocycles. The number of carbonyl (C=O) groups is 1. The first-order valence-corrected chi connectivity index (χ1v) is 10.8. The molecule has 9 heteroatoms. The van der Waals surface area contributed by atoms with Crippen LogP contribution in [0.2, 0.25) is 0 Å². The molecule has 0 saturated carbocycles. The fourth-order valence-electron chi connectivity index (χ4n) is 2.74. The van der Waals surface area contributed by atoms with E-state index in [0.29, 0.717) is 0 Å². The molecule has 0 N–H and O–H groups in total. The van der Waals surface area contributed by atoms with E-state index in [1.54, 1.807) is 27.7 Å². The van der Waals surface area contributed by atoms with Crippen LogP contribution >= 0.6 is 34.4 Å². The number of thioether (sulfide) groups is 1. The number of hydrogen-bond acceptors (Lipinski definition) is 7. The molecule has 26 heavy (non-hydrogen) atoms. The first kappa shape index (κ1) is 17.4. The molecule has 1 atom stereocenters. The first-order chi connectivity index (χ1) is 12.6. The highest BCUT2D eigenvalue weighted by Gasteiger charge is 2.34. The van der Waals surface area contributed by atoms with Crippen LogP contribution in [0.1, 0.15) is 28.0 Å². The van der Waals surface area contributed by atoms with Gasteiger partial charge in [-0.2, -0.15) is 5.10 Å². The predicted molar refractivity (Wildman–Crippen MR) is 106 cm³/mol. The molecule has 3 aromatic rings. The van der Waals surface area contributed by atoms with Gasteiger partial charge in [0.05, 0.1) is 22.4 Å². The van der Waals surface area contributed by atoms with E-state index in [-0.39, 0.29) is 17.7 Å². The van der Waals surface area contributed by atoms with Crippen molar-refractivity contribution in [2.75, 3.05) is 5.75 Å². The number of carbonyl (C=O) groups excluding carboxylic acids is 1. The molecule has 0 aromatic carbocycles. The van der Waals surface area contributed by atoms with E-state index in [2.05, 4.69) is 27.4 Å². The highest BCUT2D eigenvalue weighted by atomic mass is 32.2. The summed E-state index contributed by atoms with van der Waals surface area (Å²) in [5.74, 6) is 1.10. The average Bonchev–Trinajstić information content (AvgIpc) is 3.42. The van der Waals surface area contributed by atoms with Crippen LogP contribution in [0.15, 0.2) is 45.3 Å². The highest BCUT2D eigenvalue weighted by molar-refractivity contribution is 7.99. The SMILES string of the molecule is Cc1nnc(SCC(=O)N2N=C(c3cccs3)C[C@H]2c2cccs2)n1C. The Kier molecular flexibility index (Phi) is 4.92. The molecule has 6 nitrogen and oxygen atoms in total. The molecule has 1 aliphatic rings. The van der Waals surface area contributed by atoms with Gasteiger partial charge in [-0.3, -0.25) is 4.79 Å². The van der Waals surface area contributed by atoms with Gasteiger partial charge in [0, 0.05) is 18.3 Å². The second kappa shape index (κ2) is 7.34. The summed E-state index contributed by atoms with van der Waals surface area (Å²) in [5.41, 5.74) is 0.978. The number of rotatable bonds is 5. The van der Waals surface area contributed by atoms with Crippen molar-refractivity contribution in [3.05, 3.63) is 50.6 Å². The molecule has 1 amide bonds. The Labute approximate surface area is 163 Å². The molecule has 0 unspecified atom stereocenters. The average molecular weight is 404 g/mol. The monoisotopic (exact) mass is 403 g/mol. The number of thiophene rings is 2. The second-order valence-corrected chi connectivity index (χ2v) is 8.74. The maximum Gasteiger partial charge on any atom is 0.253 e. The number of aryl methyl sites for hydroxylation is 1. The molecule has 0 fully saturated rings. The summed E-state index contributed by atoms with van der Waals surface area (Å²) in [5, 5.41) is 19.3. The van der Waals surface area contributed by atoms with Crippen molar-refractivity contribution in [2.45, 2.75) is 24.5 Å². The number of aromatic nitrogens is 3. The van der Waals surface area contributed by atoms with Gasteiger partial charge in [0.1, 0.15) is 5.82 Å². The van der Waals surface area contributed by atoms with E-state index in [4.69, 9.17) is 0 Å². The topological polar surface area (TPSA) is 63.4 Å². The smallest absolute Gasteiger partial charge is 0.253 e. The van der Waals surface area contributed by atoms with Gasteiger partial charge in [0.25, 0.3) is 5.91 Å². The maximum absolute atomic E-state index is 12.9. The summed E-state index contributed by atoms with van der Waals surface area (Å²) < 4.78 is 1.89. The van der Waals surface area contributed by atoms with Crippen LogP contribution in [-0.4, -0.2) is 37.1 Å². The van der Waals surface area contributed by atoms with Crippen molar-refractivity contribution in [1.82, 2.24) is 19.8 Å². The third-order valence-corrected chi connectivity index (χ3v) is 7.12. The summed E-state index contributed by atoms with van der Waals surface area (Å²) in [6.45, 7) is 1.89. The zero-order chi connectivity index (χ0) is 18.1. The van der Waals surface area contributed by atoms with Gasteiger partial charge in [-0.1, -0.05) is 23.9 Å². The van der Waals surface area contributed by atoms with Gasteiger partial charge in [0.15, 0.2) is 5.16 Å². The third-order valence-electron chi connectivity index (χ3n) is 4.22. The Hall–Kier alpha value is -1.97. The Morgan fingerprint density at radius 1 is 1.27 bits per heavy atom. The van der Waals surface area contributed by atoms with Crippen LogP contribution in [0, 0.1) is 6.92 Å². The standard InChI is InChI=1S/C17H17N5OS3/c1-11-18-19-17(21(11)2)26-10-16(23)22-13(15-6-4-8-25-15)9-12(20-22)14-5-3-7-24-14/h3-8,13H,9-10H2,1-2H3/t13-/m0/s1. The lowest BCUT2D eigenvalue weighted by molar-refractivity contribution is -0.130. The largest absolute Gasteiger partial charge is 0.309 e. The Morgan fingerprint density at radius 3 is 2.73 bits per heavy atom. The molecule has 0 spiro atoms. The lowest BCUT2D eigenvalue weighted by Gasteiger charge is -2.20. The lowest BCUT2D eigenvalue weighted by atomic mass is 10.1. The normalized spacial score (nSPS) is 16.9. The molecular formula is C17H17N5OS3. The molecule has 0 radical (unpaired) electrons. The summed E-state index contributed by atoms with van der Waals surface area (Å²) in [6.07, 6.45) is 0.750. The predicted octanol–water partition coefficient (Wildman–Crippen LogP) is 3.72. The van der Waals surface area contributed by atoms with Crippen LogP contribution in [-0.2, 0) is 11.8 Å². The highest BCUT2D eigenvalue weighted by Crippen LogP contribution is 2.36. The number of nitrogens with zero attached hydrogens (tertiary/aromatic N) is 5. The Balaban J connectivity index is 1.54. The Bertz CT molecular complexity index is 930. The number of hydrogen-bond donors (Lipinski definition) is 0. The van der Waals surface area contributed by atoms with Crippen molar-refractivity contribution < 1.29 is 4.79 Å². The number of hydrazone groups is 1. The van der Waals surface area contributed by atoms with Gasteiger partial charge in [0.2, 0.25) is 0 Å². The summed E-state index contributed by atoms with van der Waals surface area (Å²) in [4.78, 5) is 15.2. The summed E-state index contributed by atoms with van der Waals surface area (Å²) in [7, 11) is 1.90. The molecule has 0 saturated heterocycles. The lowest BCUT2D eigenvalue weighted by Crippen LogP contribution is -2.28. The van der Waals surface area contributed by atoms with Crippen molar-refractivity contribution in [3.63, 3.8) is 0 Å². The van der Waals surface area contributed by atoms with E-state index >= 15 is 0 Å². The van der Waals surface area contributed by atoms with E-state index in [1.807, 2.05) is 41.4 Å². The zero-order valence-electron chi connectivity index (χ0n) is 14.3. The third kappa shape index (κ3) is 3.34. The van der Waals surface area contributed by atoms with Crippen LogP contribution in [0.4, 0.5) is 0 Å². The van der Waals surface area contributed by atoms with Crippen LogP contribution in [0.3, 0.4) is 0 Å². The molecule has 134 valence electrons. The van der Waals surface area contributed by atoms with Crippen molar-refractivity contribution in [2.24, 2.45) is 12.1 Å². The first-order valence-electron chi connectivity index (χ1n) is 8.09. The number of amides is 1. The quantitative estimate of drug-likeness (QED) is 0.609. The van der Waals surface area contributed by atoms with E-state index in [0.717, 1.165) is 32.9 Å². The Morgan fingerprint density at radius 2 is 2.08 bits per heavy atom. The van der Waals surface area contributed by atoms with Crippen molar-refractivity contribution in [3.8, 4) is 0 Å². The van der Waals surface area contributed by atoms with Gasteiger partial charge in [-0.15, -0.1) is 32.9 Å². The zero-order valence-corrected chi connectivity index (χ0v) is 16.8. The van der Waals surface area contributed by atoms with Crippen LogP contribution in [0.25, 0.3) is 0 Å². The fourth-order valence-corrected chi connectivity index (χ4v) is 5.08. The van der Waals surface area contributed by atoms with E-state index in [1.165, 1.54) is 11.8 Å². The minimum atomic E-state index is -0.0265. The molecule has 4 rings (SSSR count). The van der Waals surface area contributed by atoms with Gasteiger partial charge < -0.3 is 4.57 Å². The molecule has 3 aromatic heterocycles. The summed E-state index contributed by atoms with van der Waals surface area (Å²) >= 11 is 4.72. The van der Waals surface area contributed by atoms with Crippen LogP contribution < -0.4 is 0 Å². The molecule has 0 bridgehead atoms. The second-order valence-electron chi connectivity index (χ2n) is 5.88. The molecule has 1 aliphatic heterocycles. The minimum Gasteiger partial charge on any atom is -0.309 e. The maximum atomic E-state index is 12.9.